The number of aromatic nitrogens is 4. The van der Waals surface area contributed by atoms with Crippen LogP contribution in [-0.4, -0.2) is 51.1 Å². The van der Waals surface area contributed by atoms with Crippen molar-refractivity contribution in [1.82, 2.24) is 24.5 Å². The van der Waals surface area contributed by atoms with Crippen molar-refractivity contribution in [3.8, 4) is 5.88 Å². The first-order valence-electron chi connectivity index (χ1n) is 8.86. The van der Waals surface area contributed by atoms with Gasteiger partial charge in [0, 0.05) is 24.9 Å². The maximum atomic E-state index is 13.3. The minimum absolute atomic E-state index is 0.0394. The molecule has 2 aromatic rings. The summed E-state index contributed by atoms with van der Waals surface area (Å²) in [5.74, 6) is 0.498. The third kappa shape index (κ3) is 2.88. The van der Waals surface area contributed by atoms with E-state index in [0.29, 0.717) is 35.0 Å². The number of aromatic amines is 1. The number of nitrogens with zero attached hydrogens (tertiary/aromatic N) is 4. The normalized spacial score (nSPS) is 26.2. The van der Waals surface area contributed by atoms with Crippen LogP contribution in [0.5, 0.6) is 5.88 Å². The SMILES string of the molecule is Cc1cnc(O[C@H]2C[C@H]3CC[C@@H](C2)N3S(=O)(=O)c2c(C)n[nH]c2C)cn1. The zero-order valence-electron chi connectivity index (χ0n) is 15.1. The average Bonchev–Trinajstić information content (AvgIpc) is 3.07. The van der Waals surface area contributed by atoms with E-state index in [9.17, 15) is 8.42 Å². The monoisotopic (exact) mass is 377 g/mol. The second-order valence-electron chi connectivity index (χ2n) is 7.19. The molecule has 2 aromatic heterocycles. The molecule has 0 unspecified atom stereocenters. The number of aryl methyl sites for hydroxylation is 3. The maximum Gasteiger partial charge on any atom is 0.247 e. The Hall–Kier alpha value is -2.00. The lowest BCUT2D eigenvalue weighted by Gasteiger charge is -2.37. The molecule has 2 saturated heterocycles. The van der Waals surface area contributed by atoms with Crippen molar-refractivity contribution in [1.29, 1.82) is 0 Å². The third-order valence-corrected chi connectivity index (χ3v) is 7.53. The summed E-state index contributed by atoms with van der Waals surface area (Å²) in [5, 5.41) is 6.84. The van der Waals surface area contributed by atoms with Gasteiger partial charge in [0.2, 0.25) is 15.9 Å². The van der Waals surface area contributed by atoms with E-state index < -0.39 is 10.0 Å². The van der Waals surface area contributed by atoms with Crippen molar-refractivity contribution in [3.63, 3.8) is 0 Å². The van der Waals surface area contributed by atoms with Crippen LogP contribution in [0.2, 0.25) is 0 Å². The highest BCUT2D eigenvalue weighted by Gasteiger charge is 2.49. The van der Waals surface area contributed by atoms with Crippen LogP contribution in [0.25, 0.3) is 0 Å². The van der Waals surface area contributed by atoms with Gasteiger partial charge in [0.25, 0.3) is 0 Å². The van der Waals surface area contributed by atoms with Crippen molar-refractivity contribution in [2.45, 2.75) is 69.5 Å². The topological polar surface area (TPSA) is 101 Å². The van der Waals surface area contributed by atoms with Crippen molar-refractivity contribution >= 4 is 10.0 Å². The van der Waals surface area contributed by atoms with E-state index in [0.717, 1.165) is 18.5 Å². The van der Waals surface area contributed by atoms with Gasteiger partial charge in [0.1, 0.15) is 11.0 Å². The van der Waals surface area contributed by atoms with Gasteiger partial charge >= 0.3 is 0 Å². The van der Waals surface area contributed by atoms with Gasteiger partial charge in [0.05, 0.1) is 29.5 Å². The lowest BCUT2D eigenvalue weighted by atomic mass is 10.0. The molecule has 26 heavy (non-hydrogen) atoms. The Morgan fingerprint density at radius 3 is 2.35 bits per heavy atom. The fourth-order valence-electron chi connectivity index (χ4n) is 4.21. The van der Waals surface area contributed by atoms with Gasteiger partial charge in [-0.15, -0.1) is 0 Å². The lowest BCUT2D eigenvalue weighted by molar-refractivity contribution is 0.0914. The fourth-order valence-corrected chi connectivity index (χ4v) is 6.44. The minimum Gasteiger partial charge on any atom is -0.473 e. The highest BCUT2D eigenvalue weighted by atomic mass is 32.2. The molecule has 0 aromatic carbocycles. The van der Waals surface area contributed by atoms with Gasteiger partial charge in [0.15, 0.2) is 0 Å². The molecule has 0 radical (unpaired) electrons. The molecular formula is C17H23N5O3S. The number of piperidine rings is 1. The van der Waals surface area contributed by atoms with Gasteiger partial charge in [-0.2, -0.15) is 9.40 Å². The van der Waals surface area contributed by atoms with Gasteiger partial charge < -0.3 is 4.74 Å². The first-order chi connectivity index (χ1) is 12.4. The van der Waals surface area contributed by atoms with Gasteiger partial charge in [-0.05, 0) is 33.6 Å². The van der Waals surface area contributed by atoms with Crippen LogP contribution in [0.1, 0.15) is 42.8 Å². The Labute approximate surface area is 153 Å². The number of ether oxygens (including phenoxy) is 1. The summed E-state index contributed by atoms with van der Waals surface area (Å²) in [4.78, 5) is 8.76. The number of hydrogen-bond donors (Lipinski definition) is 1. The number of fused-ring (bicyclic) bond motifs is 2. The summed E-state index contributed by atoms with van der Waals surface area (Å²) in [6, 6.07) is -0.0910. The largest absolute Gasteiger partial charge is 0.473 e. The summed E-state index contributed by atoms with van der Waals surface area (Å²) < 4.78 is 34.2. The molecule has 0 aliphatic carbocycles. The van der Waals surface area contributed by atoms with Crippen LogP contribution in [0.3, 0.4) is 0 Å². The van der Waals surface area contributed by atoms with Crippen LogP contribution in [0.4, 0.5) is 0 Å². The molecule has 4 heterocycles. The predicted octanol–water partition coefficient (Wildman–Crippen LogP) is 1.89. The van der Waals surface area contributed by atoms with Crippen LogP contribution < -0.4 is 4.74 Å². The van der Waals surface area contributed by atoms with Gasteiger partial charge in [-0.3, -0.25) is 10.1 Å². The highest BCUT2D eigenvalue weighted by Crippen LogP contribution is 2.41. The highest BCUT2D eigenvalue weighted by molar-refractivity contribution is 7.89. The van der Waals surface area contributed by atoms with Gasteiger partial charge in [-0.25, -0.2) is 13.4 Å². The van der Waals surface area contributed by atoms with Crippen molar-refractivity contribution in [2.24, 2.45) is 0 Å². The average molecular weight is 377 g/mol. The maximum absolute atomic E-state index is 13.3. The Morgan fingerprint density at radius 2 is 1.81 bits per heavy atom. The minimum atomic E-state index is -3.56. The summed E-state index contributed by atoms with van der Waals surface area (Å²) in [6.07, 6.45) is 6.32. The van der Waals surface area contributed by atoms with E-state index in [2.05, 4.69) is 20.2 Å². The fraction of sp³-hybridized carbons (Fsp3) is 0.588. The molecule has 9 heteroatoms. The second kappa shape index (κ2) is 6.31. The number of sulfonamides is 1. The first-order valence-corrected chi connectivity index (χ1v) is 10.3. The third-order valence-electron chi connectivity index (χ3n) is 5.26. The molecule has 1 N–H and O–H groups in total. The van der Waals surface area contributed by atoms with Gasteiger partial charge in [-0.1, -0.05) is 0 Å². The van der Waals surface area contributed by atoms with Crippen LogP contribution in [-0.2, 0) is 10.0 Å². The van der Waals surface area contributed by atoms with E-state index in [1.54, 1.807) is 30.5 Å². The Kier molecular flexibility index (Phi) is 4.23. The smallest absolute Gasteiger partial charge is 0.247 e. The summed E-state index contributed by atoms with van der Waals surface area (Å²) in [6.45, 7) is 5.35. The number of nitrogens with one attached hydrogen (secondary N) is 1. The Morgan fingerprint density at radius 1 is 1.12 bits per heavy atom. The van der Waals surface area contributed by atoms with E-state index in [-0.39, 0.29) is 18.2 Å². The van der Waals surface area contributed by atoms with E-state index in [1.165, 1.54) is 0 Å². The molecule has 8 nitrogen and oxygen atoms in total. The molecular weight excluding hydrogens is 354 g/mol. The summed E-state index contributed by atoms with van der Waals surface area (Å²) >= 11 is 0. The Balaban J connectivity index is 1.55. The van der Waals surface area contributed by atoms with E-state index in [1.807, 2.05) is 6.92 Å². The zero-order chi connectivity index (χ0) is 18.5. The van der Waals surface area contributed by atoms with E-state index in [4.69, 9.17) is 4.74 Å². The first kappa shape index (κ1) is 17.4. The molecule has 4 rings (SSSR count). The van der Waals surface area contributed by atoms with Crippen molar-refractivity contribution < 1.29 is 13.2 Å². The van der Waals surface area contributed by atoms with Crippen LogP contribution in [0, 0.1) is 20.8 Å². The van der Waals surface area contributed by atoms with Crippen LogP contribution in [0.15, 0.2) is 17.3 Å². The molecule has 2 fully saturated rings. The van der Waals surface area contributed by atoms with Crippen molar-refractivity contribution in [3.05, 3.63) is 29.5 Å². The molecule has 0 spiro atoms. The number of rotatable bonds is 4. The summed E-state index contributed by atoms with van der Waals surface area (Å²) in [5.41, 5.74) is 1.95. The predicted molar refractivity (Wildman–Crippen MR) is 94.3 cm³/mol. The Bertz CT molecular complexity index is 875. The second-order valence-corrected chi connectivity index (χ2v) is 8.97. The quantitative estimate of drug-likeness (QED) is 0.873. The van der Waals surface area contributed by atoms with E-state index >= 15 is 0 Å². The molecule has 0 amide bonds. The van der Waals surface area contributed by atoms with Crippen LogP contribution >= 0.6 is 0 Å². The molecule has 0 saturated carbocycles. The summed E-state index contributed by atoms with van der Waals surface area (Å²) in [7, 11) is -3.56. The number of hydrogen-bond acceptors (Lipinski definition) is 6. The molecule has 2 aliphatic rings. The lowest BCUT2D eigenvalue weighted by Crippen LogP contribution is -2.49. The molecule has 3 atom stereocenters. The molecule has 2 aliphatic heterocycles. The van der Waals surface area contributed by atoms with Crippen molar-refractivity contribution in [2.75, 3.05) is 0 Å². The molecule has 2 bridgehead atoms. The zero-order valence-corrected chi connectivity index (χ0v) is 16.0. The standard InChI is InChI=1S/C17H23N5O3S/c1-10-8-19-16(9-18-10)25-15-6-13-4-5-14(7-15)22(13)26(23,24)17-11(2)20-21-12(17)3/h8-9,13-15H,4-7H2,1-3H3,(H,20,21)/t13-,14+,15+. The number of H-pyrrole nitrogens is 1. The molecule has 140 valence electrons.